The monoisotopic (exact) mass is 388 g/mol. The molecule has 2 atom stereocenters. The van der Waals surface area contributed by atoms with Crippen molar-refractivity contribution in [2.75, 3.05) is 20.6 Å². The van der Waals surface area contributed by atoms with Gasteiger partial charge < -0.3 is 15.5 Å². The van der Waals surface area contributed by atoms with Crippen LogP contribution in [0, 0.1) is 0 Å². The van der Waals surface area contributed by atoms with Crippen LogP contribution in [0.25, 0.3) is 0 Å². The van der Waals surface area contributed by atoms with Crippen LogP contribution in [0.1, 0.15) is 69.1 Å². The van der Waals surface area contributed by atoms with E-state index in [1.54, 1.807) is 4.88 Å². The molecule has 4 rings (SSSR count). The highest BCUT2D eigenvalue weighted by molar-refractivity contribution is 7.10. The van der Waals surface area contributed by atoms with E-state index in [9.17, 15) is 0 Å². The molecule has 2 saturated heterocycles. The van der Waals surface area contributed by atoms with Gasteiger partial charge in [0.15, 0.2) is 5.96 Å². The SMILES string of the molecule is CN=C(NCC1(c2cccs2)CCCCC1)NC1CC2CCCC(C1)N2C. The minimum Gasteiger partial charge on any atom is -0.355 e. The molecule has 27 heavy (non-hydrogen) atoms. The standard InChI is InChI=1S/C22H36N4S/c1-23-21(25-17-14-18-8-6-9-19(15-17)26(18)2)24-16-22(11-4-3-5-12-22)20-10-7-13-27-20/h7,10,13,17-19H,3-6,8-9,11-12,14-16H2,1-2H3,(H2,23,24,25). The first-order valence-corrected chi connectivity index (χ1v) is 11.8. The molecule has 0 spiro atoms. The summed E-state index contributed by atoms with van der Waals surface area (Å²) in [5, 5.41) is 9.73. The predicted molar refractivity (Wildman–Crippen MR) is 116 cm³/mol. The molecule has 0 aromatic carbocycles. The lowest BCUT2D eigenvalue weighted by Crippen LogP contribution is -2.57. The van der Waals surface area contributed by atoms with Gasteiger partial charge in [-0.2, -0.15) is 0 Å². The van der Waals surface area contributed by atoms with Crippen LogP contribution in [0.2, 0.25) is 0 Å². The van der Waals surface area contributed by atoms with E-state index in [1.165, 1.54) is 64.2 Å². The highest BCUT2D eigenvalue weighted by Gasteiger charge is 2.37. The Balaban J connectivity index is 1.37. The summed E-state index contributed by atoms with van der Waals surface area (Å²) in [4.78, 5) is 8.76. The molecule has 5 heteroatoms. The summed E-state index contributed by atoms with van der Waals surface area (Å²) in [6.07, 6.45) is 13.3. The molecule has 3 fully saturated rings. The molecule has 2 unspecified atom stereocenters. The van der Waals surface area contributed by atoms with Gasteiger partial charge in [0, 0.05) is 42.0 Å². The first-order chi connectivity index (χ1) is 13.2. The van der Waals surface area contributed by atoms with E-state index < -0.39 is 0 Å². The number of thiophene rings is 1. The summed E-state index contributed by atoms with van der Waals surface area (Å²) >= 11 is 1.93. The number of piperidine rings is 2. The van der Waals surface area contributed by atoms with Crippen LogP contribution in [-0.2, 0) is 5.41 Å². The van der Waals surface area contributed by atoms with E-state index in [1.807, 2.05) is 18.4 Å². The number of aliphatic imine (C=N–C) groups is 1. The maximum Gasteiger partial charge on any atom is 0.191 e. The van der Waals surface area contributed by atoms with Crippen LogP contribution >= 0.6 is 11.3 Å². The lowest BCUT2D eigenvalue weighted by molar-refractivity contribution is 0.0526. The molecule has 2 aliphatic heterocycles. The maximum absolute atomic E-state index is 4.58. The van der Waals surface area contributed by atoms with Crippen molar-refractivity contribution < 1.29 is 0 Å². The van der Waals surface area contributed by atoms with E-state index in [2.05, 4.69) is 45.1 Å². The van der Waals surface area contributed by atoms with Crippen LogP contribution in [0.4, 0.5) is 0 Å². The van der Waals surface area contributed by atoms with Gasteiger partial charge in [-0.3, -0.25) is 4.99 Å². The number of hydrogen-bond donors (Lipinski definition) is 2. The molecule has 1 saturated carbocycles. The topological polar surface area (TPSA) is 39.7 Å². The predicted octanol–water partition coefficient (Wildman–Crippen LogP) is 4.13. The quantitative estimate of drug-likeness (QED) is 0.602. The van der Waals surface area contributed by atoms with Gasteiger partial charge in [-0.1, -0.05) is 31.7 Å². The molecule has 0 radical (unpaired) electrons. The van der Waals surface area contributed by atoms with Crippen molar-refractivity contribution >= 4 is 17.3 Å². The number of guanidine groups is 1. The van der Waals surface area contributed by atoms with Crippen molar-refractivity contribution in [3.05, 3.63) is 22.4 Å². The normalized spacial score (nSPS) is 31.5. The zero-order chi connectivity index (χ0) is 18.7. The minimum absolute atomic E-state index is 0.299. The number of nitrogens with one attached hydrogen (secondary N) is 2. The summed E-state index contributed by atoms with van der Waals surface area (Å²) in [5.41, 5.74) is 0.299. The van der Waals surface area contributed by atoms with Gasteiger partial charge >= 0.3 is 0 Å². The van der Waals surface area contributed by atoms with Crippen molar-refractivity contribution in [2.45, 2.75) is 87.7 Å². The van der Waals surface area contributed by atoms with E-state index in [4.69, 9.17) is 0 Å². The molecule has 3 heterocycles. The van der Waals surface area contributed by atoms with E-state index in [-0.39, 0.29) is 0 Å². The second-order valence-electron chi connectivity index (χ2n) is 8.96. The molecule has 4 nitrogen and oxygen atoms in total. The lowest BCUT2D eigenvalue weighted by Gasteiger charge is -2.47. The van der Waals surface area contributed by atoms with Crippen LogP contribution in [0.15, 0.2) is 22.5 Å². The van der Waals surface area contributed by atoms with Crippen LogP contribution in [-0.4, -0.2) is 49.6 Å². The first kappa shape index (κ1) is 19.3. The third kappa shape index (κ3) is 4.19. The van der Waals surface area contributed by atoms with Gasteiger partial charge in [-0.25, -0.2) is 0 Å². The molecular formula is C22H36N4S. The zero-order valence-corrected chi connectivity index (χ0v) is 17.9. The Morgan fingerprint density at radius 2 is 1.93 bits per heavy atom. The molecule has 150 valence electrons. The van der Waals surface area contributed by atoms with Gasteiger partial charge in [-0.05, 0) is 57.0 Å². The number of fused-ring (bicyclic) bond motifs is 2. The van der Waals surface area contributed by atoms with E-state index in [0.29, 0.717) is 11.5 Å². The molecule has 1 aromatic rings. The third-order valence-corrected chi connectivity index (χ3v) is 8.47. The zero-order valence-electron chi connectivity index (χ0n) is 17.0. The molecule has 2 N–H and O–H groups in total. The summed E-state index contributed by atoms with van der Waals surface area (Å²) in [6, 6.07) is 6.62. The smallest absolute Gasteiger partial charge is 0.191 e. The molecule has 1 aromatic heterocycles. The number of rotatable bonds is 4. The Morgan fingerprint density at radius 1 is 1.19 bits per heavy atom. The van der Waals surface area contributed by atoms with Crippen molar-refractivity contribution in [3.8, 4) is 0 Å². The fourth-order valence-electron chi connectivity index (χ4n) is 5.69. The van der Waals surface area contributed by atoms with Crippen LogP contribution in [0.5, 0.6) is 0 Å². The molecule has 2 bridgehead atoms. The highest BCUT2D eigenvalue weighted by atomic mass is 32.1. The van der Waals surface area contributed by atoms with Gasteiger partial charge in [0.1, 0.15) is 0 Å². The Labute approximate surface area is 168 Å². The molecule has 1 aliphatic carbocycles. The molecular weight excluding hydrogens is 352 g/mol. The summed E-state index contributed by atoms with van der Waals surface area (Å²) < 4.78 is 0. The van der Waals surface area contributed by atoms with Crippen LogP contribution in [0.3, 0.4) is 0 Å². The average molecular weight is 389 g/mol. The fraction of sp³-hybridized carbons (Fsp3) is 0.773. The molecule has 0 amide bonds. The Morgan fingerprint density at radius 3 is 2.56 bits per heavy atom. The van der Waals surface area contributed by atoms with Crippen LogP contribution < -0.4 is 10.6 Å². The van der Waals surface area contributed by atoms with Crippen molar-refractivity contribution in [1.29, 1.82) is 0 Å². The lowest BCUT2D eigenvalue weighted by atomic mass is 9.73. The summed E-state index contributed by atoms with van der Waals surface area (Å²) in [6.45, 7) is 1.01. The Hall–Kier alpha value is -1.07. The maximum atomic E-state index is 4.58. The van der Waals surface area contributed by atoms with Crippen molar-refractivity contribution in [3.63, 3.8) is 0 Å². The second-order valence-corrected chi connectivity index (χ2v) is 9.91. The van der Waals surface area contributed by atoms with E-state index >= 15 is 0 Å². The average Bonchev–Trinajstić information content (AvgIpc) is 3.22. The van der Waals surface area contributed by atoms with Gasteiger partial charge in [0.05, 0.1) is 0 Å². The number of nitrogens with zero attached hydrogens (tertiary/aromatic N) is 2. The largest absolute Gasteiger partial charge is 0.355 e. The Bertz CT molecular complexity index is 606. The fourth-order valence-corrected chi connectivity index (χ4v) is 6.68. The van der Waals surface area contributed by atoms with Gasteiger partial charge in [0.2, 0.25) is 0 Å². The van der Waals surface area contributed by atoms with Crippen molar-refractivity contribution in [2.24, 2.45) is 4.99 Å². The second kappa shape index (κ2) is 8.52. The summed E-state index contributed by atoms with van der Waals surface area (Å²) in [5.74, 6) is 1.00. The highest BCUT2D eigenvalue weighted by Crippen LogP contribution is 2.41. The minimum atomic E-state index is 0.299. The van der Waals surface area contributed by atoms with Crippen molar-refractivity contribution in [1.82, 2.24) is 15.5 Å². The summed E-state index contributed by atoms with van der Waals surface area (Å²) in [7, 11) is 4.25. The number of hydrogen-bond acceptors (Lipinski definition) is 3. The third-order valence-electron chi connectivity index (χ3n) is 7.35. The van der Waals surface area contributed by atoms with Gasteiger partial charge in [-0.15, -0.1) is 11.3 Å². The van der Waals surface area contributed by atoms with Gasteiger partial charge in [0.25, 0.3) is 0 Å². The first-order valence-electron chi connectivity index (χ1n) is 10.9. The van der Waals surface area contributed by atoms with E-state index in [0.717, 1.165) is 24.6 Å². The Kier molecular flexibility index (Phi) is 6.08. The molecule has 3 aliphatic rings.